The number of ether oxygens (including phenoxy) is 1. The van der Waals surface area contributed by atoms with Gasteiger partial charge < -0.3 is 20.7 Å². The molecule has 1 fully saturated rings. The SMILES string of the molecule is CC(C)c1cccc(OCC(=O)N2CCCCC2CNC(=O)CCN)c1. The van der Waals surface area contributed by atoms with E-state index in [4.69, 9.17) is 10.5 Å². The number of benzene rings is 1. The van der Waals surface area contributed by atoms with Gasteiger partial charge in [0.15, 0.2) is 6.61 Å². The van der Waals surface area contributed by atoms with Crippen LogP contribution in [0.4, 0.5) is 0 Å². The fraction of sp³-hybridized carbons (Fsp3) is 0.600. The maximum atomic E-state index is 12.6. The monoisotopic (exact) mass is 361 g/mol. The van der Waals surface area contributed by atoms with Crippen molar-refractivity contribution in [2.75, 3.05) is 26.2 Å². The number of nitrogens with zero attached hydrogens (tertiary/aromatic N) is 1. The van der Waals surface area contributed by atoms with Gasteiger partial charge in [0.2, 0.25) is 5.91 Å². The van der Waals surface area contributed by atoms with Crippen molar-refractivity contribution in [3.8, 4) is 5.75 Å². The predicted octanol–water partition coefficient (Wildman–Crippen LogP) is 2.03. The van der Waals surface area contributed by atoms with Crippen LogP contribution >= 0.6 is 0 Å². The number of likely N-dealkylation sites (tertiary alicyclic amines) is 1. The maximum Gasteiger partial charge on any atom is 0.260 e. The van der Waals surface area contributed by atoms with Gasteiger partial charge in [-0.1, -0.05) is 26.0 Å². The molecule has 1 atom stereocenters. The summed E-state index contributed by atoms with van der Waals surface area (Å²) >= 11 is 0. The Morgan fingerprint density at radius 2 is 2.15 bits per heavy atom. The van der Waals surface area contributed by atoms with Crippen LogP contribution in [0, 0.1) is 0 Å². The Morgan fingerprint density at radius 1 is 1.35 bits per heavy atom. The molecule has 0 radical (unpaired) electrons. The Bertz CT molecular complexity index is 604. The lowest BCUT2D eigenvalue weighted by Crippen LogP contribution is -2.50. The lowest BCUT2D eigenvalue weighted by atomic mass is 10.0. The van der Waals surface area contributed by atoms with Gasteiger partial charge in [-0.05, 0) is 42.9 Å². The zero-order valence-electron chi connectivity index (χ0n) is 15.9. The molecule has 1 aliphatic heterocycles. The quantitative estimate of drug-likeness (QED) is 0.742. The largest absolute Gasteiger partial charge is 0.484 e. The molecule has 26 heavy (non-hydrogen) atoms. The predicted molar refractivity (Wildman–Crippen MR) is 102 cm³/mol. The standard InChI is InChI=1S/C20H31N3O3/c1-15(2)16-6-5-8-18(12-16)26-14-20(25)23-11-4-3-7-17(23)13-22-19(24)9-10-21/h5-6,8,12,15,17H,3-4,7,9-11,13-14,21H2,1-2H3,(H,22,24). The molecule has 3 N–H and O–H groups in total. The van der Waals surface area contributed by atoms with Crippen molar-refractivity contribution in [2.24, 2.45) is 5.73 Å². The van der Waals surface area contributed by atoms with Crippen molar-refractivity contribution in [3.05, 3.63) is 29.8 Å². The number of nitrogens with one attached hydrogen (secondary N) is 1. The third-order valence-corrected chi connectivity index (χ3v) is 4.74. The number of carbonyl (C=O) groups excluding carboxylic acids is 2. The molecule has 1 aromatic carbocycles. The zero-order valence-corrected chi connectivity index (χ0v) is 15.9. The van der Waals surface area contributed by atoms with Crippen molar-refractivity contribution in [3.63, 3.8) is 0 Å². The van der Waals surface area contributed by atoms with E-state index in [1.165, 1.54) is 5.56 Å². The average Bonchev–Trinajstić information content (AvgIpc) is 2.65. The first kappa shape index (κ1) is 20.2. The molecule has 2 rings (SSSR count). The molecule has 0 saturated carbocycles. The second-order valence-corrected chi connectivity index (χ2v) is 7.10. The minimum absolute atomic E-state index is 0.0226. The lowest BCUT2D eigenvalue weighted by molar-refractivity contribution is -0.137. The Hall–Kier alpha value is -2.08. The van der Waals surface area contributed by atoms with Gasteiger partial charge in [-0.3, -0.25) is 9.59 Å². The van der Waals surface area contributed by atoms with Gasteiger partial charge in [-0.15, -0.1) is 0 Å². The lowest BCUT2D eigenvalue weighted by Gasteiger charge is -2.35. The van der Waals surface area contributed by atoms with Crippen molar-refractivity contribution >= 4 is 11.8 Å². The number of rotatable bonds is 8. The van der Waals surface area contributed by atoms with Crippen LogP contribution in [0.15, 0.2) is 24.3 Å². The first-order chi connectivity index (χ1) is 12.5. The third kappa shape index (κ3) is 6.02. The second-order valence-electron chi connectivity index (χ2n) is 7.10. The van der Waals surface area contributed by atoms with E-state index >= 15 is 0 Å². The van der Waals surface area contributed by atoms with E-state index in [0.717, 1.165) is 19.3 Å². The van der Waals surface area contributed by atoms with Crippen LogP contribution in [0.25, 0.3) is 0 Å². The van der Waals surface area contributed by atoms with Crippen LogP contribution in [0.2, 0.25) is 0 Å². The number of hydrogen-bond acceptors (Lipinski definition) is 4. The van der Waals surface area contributed by atoms with Gasteiger partial charge in [-0.25, -0.2) is 0 Å². The van der Waals surface area contributed by atoms with Gasteiger partial charge in [0.1, 0.15) is 5.75 Å². The summed E-state index contributed by atoms with van der Waals surface area (Å²) in [6.07, 6.45) is 3.27. The molecule has 0 aromatic heterocycles. The summed E-state index contributed by atoms with van der Waals surface area (Å²) in [5, 5.41) is 2.88. The van der Waals surface area contributed by atoms with Gasteiger partial charge in [0.05, 0.1) is 0 Å². The summed E-state index contributed by atoms with van der Waals surface area (Å²) < 4.78 is 5.73. The molecular formula is C20H31N3O3. The van der Waals surface area contributed by atoms with Gasteiger partial charge in [-0.2, -0.15) is 0 Å². The average molecular weight is 361 g/mol. The van der Waals surface area contributed by atoms with E-state index in [0.29, 0.717) is 37.7 Å². The highest BCUT2D eigenvalue weighted by Gasteiger charge is 2.27. The minimum Gasteiger partial charge on any atom is -0.484 e. The molecule has 6 nitrogen and oxygen atoms in total. The van der Waals surface area contributed by atoms with Crippen LogP contribution in [0.5, 0.6) is 5.75 Å². The summed E-state index contributed by atoms with van der Waals surface area (Å²) in [7, 11) is 0. The highest BCUT2D eigenvalue weighted by molar-refractivity contribution is 5.79. The molecule has 1 aromatic rings. The van der Waals surface area contributed by atoms with Crippen LogP contribution in [0.1, 0.15) is 51.0 Å². The molecule has 1 saturated heterocycles. The number of nitrogens with two attached hydrogens (primary N) is 1. The van der Waals surface area contributed by atoms with E-state index < -0.39 is 0 Å². The minimum atomic E-state index is -0.0628. The summed E-state index contributed by atoms with van der Waals surface area (Å²) in [6, 6.07) is 7.90. The molecule has 1 aliphatic rings. The fourth-order valence-corrected chi connectivity index (χ4v) is 3.18. The number of amides is 2. The van der Waals surface area contributed by atoms with E-state index in [2.05, 4.69) is 25.2 Å². The zero-order chi connectivity index (χ0) is 18.9. The van der Waals surface area contributed by atoms with Crippen LogP contribution in [0.3, 0.4) is 0 Å². The van der Waals surface area contributed by atoms with Crippen LogP contribution in [-0.4, -0.2) is 49.0 Å². The van der Waals surface area contributed by atoms with Crippen LogP contribution in [-0.2, 0) is 9.59 Å². The highest BCUT2D eigenvalue weighted by Crippen LogP contribution is 2.21. The normalized spacial score (nSPS) is 17.2. The molecule has 144 valence electrons. The molecule has 1 heterocycles. The van der Waals surface area contributed by atoms with Crippen molar-refractivity contribution < 1.29 is 14.3 Å². The van der Waals surface area contributed by atoms with E-state index in [1.807, 2.05) is 23.1 Å². The first-order valence-electron chi connectivity index (χ1n) is 9.50. The van der Waals surface area contributed by atoms with E-state index in [1.54, 1.807) is 0 Å². The smallest absolute Gasteiger partial charge is 0.260 e. The van der Waals surface area contributed by atoms with Gasteiger partial charge in [0.25, 0.3) is 5.91 Å². The molecule has 2 amide bonds. The van der Waals surface area contributed by atoms with Gasteiger partial charge in [0, 0.05) is 32.1 Å². The maximum absolute atomic E-state index is 12.6. The molecule has 0 spiro atoms. The molecule has 6 heteroatoms. The fourth-order valence-electron chi connectivity index (χ4n) is 3.18. The van der Waals surface area contributed by atoms with Gasteiger partial charge >= 0.3 is 0 Å². The van der Waals surface area contributed by atoms with Crippen LogP contribution < -0.4 is 15.8 Å². The number of carbonyl (C=O) groups is 2. The number of piperidine rings is 1. The summed E-state index contributed by atoms with van der Waals surface area (Å²) in [5.74, 6) is 1.04. The van der Waals surface area contributed by atoms with Crippen molar-refractivity contribution in [1.82, 2.24) is 10.2 Å². The Labute approximate surface area is 156 Å². The first-order valence-corrected chi connectivity index (χ1v) is 9.50. The molecular weight excluding hydrogens is 330 g/mol. The summed E-state index contributed by atoms with van der Waals surface area (Å²) in [5.41, 5.74) is 6.58. The van der Waals surface area contributed by atoms with E-state index in [9.17, 15) is 9.59 Å². The second kappa shape index (κ2) is 10.2. The Morgan fingerprint density at radius 3 is 2.88 bits per heavy atom. The topological polar surface area (TPSA) is 84.7 Å². The Balaban J connectivity index is 1.89. The summed E-state index contributed by atoms with van der Waals surface area (Å²) in [6.45, 7) is 5.80. The molecule has 0 aliphatic carbocycles. The third-order valence-electron chi connectivity index (χ3n) is 4.74. The van der Waals surface area contributed by atoms with Crippen molar-refractivity contribution in [2.45, 2.75) is 51.5 Å². The summed E-state index contributed by atoms with van der Waals surface area (Å²) in [4.78, 5) is 26.1. The van der Waals surface area contributed by atoms with Crippen molar-refractivity contribution in [1.29, 1.82) is 0 Å². The Kier molecular flexibility index (Phi) is 7.91. The molecule has 1 unspecified atom stereocenters. The molecule has 0 bridgehead atoms. The number of hydrogen-bond donors (Lipinski definition) is 2. The van der Waals surface area contributed by atoms with E-state index in [-0.39, 0.29) is 24.5 Å². The highest BCUT2D eigenvalue weighted by atomic mass is 16.5.